The zero-order valence-corrected chi connectivity index (χ0v) is 12.7. The number of halogens is 1. The van der Waals surface area contributed by atoms with Crippen molar-refractivity contribution in [3.63, 3.8) is 0 Å². The van der Waals surface area contributed by atoms with E-state index in [4.69, 9.17) is 5.73 Å². The lowest BCUT2D eigenvalue weighted by Gasteiger charge is -2.09. The van der Waals surface area contributed by atoms with Gasteiger partial charge in [0.15, 0.2) is 10.8 Å². The number of rotatable bonds is 3. The lowest BCUT2D eigenvalue weighted by Crippen LogP contribution is -2.18. The first-order chi connectivity index (χ1) is 8.81. The van der Waals surface area contributed by atoms with Crippen molar-refractivity contribution in [2.45, 2.75) is 11.9 Å². The lowest BCUT2D eigenvalue weighted by molar-refractivity contribution is 0.591. The van der Waals surface area contributed by atoms with Crippen molar-refractivity contribution in [3.8, 4) is 0 Å². The van der Waals surface area contributed by atoms with E-state index in [0.29, 0.717) is 5.69 Å². The second-order valence-corrected chi connectivity index (χ2v) is 6.37. The Balaban J connectivity index is 2.39. The van der Waals surface area contributed by atoms with Gasteiger partial charge in [0.1, 0.15) is 5.82 Å². The van der Waals surface area contributed by atoms with Crippen molar-refractivity contribution >= 4 is 37.6 Å². The van der Waals surface area contributed by atoms with Crippen LogP contribution in [0, 0.1) is 6.92 Å². The highest BCUT2D eigenvalue weighted by atomic mass is 79.9. The number of nitrogens with two attached hydrogens (primary N) is 1. The van der Waals surface area contributed by atoms with Gasteiger partial charge in [-0.05, 0) is 35.0 Å². The van der Waals surface area contributed by atoms with Gasteiger partial charge in [-0.3, -0.25) is 4.72 Å². The third-order valence-electron chi connectivity index (χ3n) is 2.42. The summed E-state index contributed by atoms with van der Waals surface area (Å²) in [6.45, 7) is 1.76. The highest BCUT2D eigenvalue weighted by molar-refractivity contribution is 9.10. The van der Waals surface area contributed by atoms with Crippen molar-refractivity contribution in [1.29, 1.82) is 0 Å². The van der Waals surface area contributed by atoms with Crippen molar-refractivity contribution in [3.05, 3.63) is 28.6 Å². The number of nitrogen functional groups attached to an aromatic ring is 1. The normalized spacial score (nSPS) is 11.5. The van der Waals surface area contributed by atoms with E-state index in [9.17, 15) is 8.42 Å². The number of hydrogen-bond acceptors (Lipinski definition) is 5. The van der Waals surface area contributed by atoms with E-state index >= 15 is 0 Å². The fourth-order valence-corrected chi connectivity index (χ4v) is 3.01. The summed E-state index contributed by atoms with van der Waals surface area (Å²) in [6.07, 6.45) is 1.34. The van der Waals surface area contributed by atoms with Crippen LogP contribution in [0.25, 0.3) is 0 Å². The van der Waals surface area contributed by atoms with Gasteiger partial charge in [0.25, 0.3) is 10.0 Å². The summed E-state index contributed by atoms with van der Waals surface area (Å²) in [6, 6.07) is 3.27. The second-order valence-electron chi connectivity index (χ2n) is 3.92. The largest absolute Gasteiger partial charge is 0.381 e. The highest BCUT2D eigenvalue weighted by Crippen LogP contribution is 2.21. The zero-order chi connectivity index (χ0) is 14.2. The molecule has 9 heteroatoms. The van der Waals surface area contributed by atoms with E-state index in [1.54, 1.807) is 26.1 Å². The van der Waals surface area contributed by atoms with Crippen LogP contribution in [0.1, 0.15) is 5.69 Å². The van der Waals surface area contributed by atoms with E-state index in [-0.39, 0.29) is 16.7 Å². The molecule has 0 fully saturated rings. The quantitative estimate of drug-likeness (QED) is 0.871. The fourth-order valence-electron chi connectivity index (χ4n) is 1.55. The molecule has 0 aliphatic carbocycles. The van der Waals surface area contributed by atoms with Crippen LogP contribution < -0.4 is 10.5 Å². The molecule has 0 atom stereocenters. The van der Waals surface area contributed by atoms with Gasteiger partial charge in [-0.25, -0.2) is 9.97 Å². The minimum atomic E-state index is -3.81. The van der Waals surface area contributed by atoms with Crippen LogP contribution in [-0.4, -0.2) is 23.0 Å². The fraction of sp³-hybridized carbons (Fsp3) is 0.200. The molecule has 0 amide bonds. The van der Waals surface area contributed by atoms with E-state index in [1.165, 1.54) is 10.9 Å². The number of sulfonamides is 1. The van der Waals surface area contributed by atoms with Gasteiger partial charge in [0.05, 0.1) is 12.0 Å². The van der Waals surface area contributed by atoms with Crippen molar-refractivity contribution in [1.82, 2.24) is 14.5 Å². The standard InChI is InChI=1S/C10H12BrN5O2S/c1-6-7(11)3-4-8(14-6)15-19(17,18)10-9(12)13-5-16(10)2/h3-5H,12H2,1-2H3,(H,14,15). The summed E-state index contributed by atoms with van der Waals surface area (Å²) in [5.41, 5.74) is 6.24. The maximum atomic E-state index is 12.2. The van der Waals surface area contributed by atoms with Crippen LogP contribution in [0.15, 0.2) is 28.0 Å². The highest BCUT2D eigenvalue weighted by Gasteiger charge is 2.23. The molecule has 0 aliphatic heterocycles. The smallest absolute Gasteiger partial charge is 0.282 e. The molecule has 0 aromatic carbocycles. The predicted molar refractivity (Wildman–Crippen MR) is 75.1 cm³/mol. The summed E-state index contributed by atoms with van der Waals surface area (Å²) in [5.74, 6) is 0.171. The number of nitrogens with zero attached hydrogens (tertiary/aromatic N) is 3. The average Bonchev–Trinajstić information content (AvgIpc) is 2.64. The predicted octanol–water partition coefficient (Wildman–Crippen LogP) is 1.27. The zero-order valence-electron chi connectivity index (χ0n) is 10.3. The third-order valence-corrected chi connectivity index (χ3v) is 4.75. The first-order valence-electron chi connectivity index (χ1n) is 5.24. The first-order valence-corrected chi connectivity index (χ1v) is 7.51. The van der Waals surface area contributed by atoms with Gasteiger partial charge in [-0.1, -0.05) is 0 Å². The molecule has 2 rings (SSSR count). The molecule has 0 saturated heterocycles. The number of anilines is 2. The average molecular weight is 346 g/mol. The number of nitrogens with one attached hydrogen (secondary N) is 1. The van der Waals surface area contributed by atoms with E-state index in [2.05, 4.69) is 30.6 Å². The maximum absolute atomic E-state index is 12.2. The van der Waals surface area contributed by atoms with E-state index < -0.39 is 10.0 Å². The Hall–Kier alpha value is -1.61. The minimum absolute atomic E-state index is 0.0520. The molecule has 2 aromatic heterocycles. The molecule has 0 radical (unpaired) electrons. The molecule has 0 bridgehead atoms. The Morgan fingerprint density at radius 1 is 1.42 bits per heavy atom. The Labute approximate surface area is 119 Å². The summed E-state index contributed by atoms with van der Waals surface area (Å²) in [5, 5.41) is -0.0881. The van der Waals surface area contributed by atoms with Crippen LogP contribution in [0.5, 0.6) is 0 Å². The van der Waals surface area contributed by atoms with Crippen LogP contribution in [0.2, 0.25) is 0 Å². The molecule has 2 heterocycles. The van der Waals surface area contributed by atoms with Crippen LogP contribution in [0.3, 0.4) is 0 Å². The number of pyridine rings is 1. The summed E-state index contributed by atoms with van der Waals surface area (Å²) < 4.78 is 28.9. The van der Waals surface area contributed by atoms with Crippen molar-refractivity contribution in [2.24, 2.45) is 7.05 Å². The molecular formula is C10H12BrN5O2S. The van der Waals surface area contributed by atoms with E-state index in [0.717, 1.165) is 4.47 Å². The van der Waals surface area contributed by atoms with Crippen LogP contribution in [-0.2, 0) is 17.1 Å². The molecule has 0 unspecified atom stereocenters. The van der Waals surface area contributed by atoms with E-state index in [1.807, 2.05) is 0 Å². The lowest BCUT2D eigenvalue weighted by atomic mass is 10.4. The second kappa shape index (κ2) is 4.82. The van der Waals surface area contributed by atoms with Gasteiger partial charge in [-0.15, -0.1) is 0 Å². The number of hydrogen-bond donors (Lipinski definition) is 2. The topological polar surface area (TPSA) is 103 Å². The monoisotopic (exact) mass is 345 g/mol. The maximum Gasteiger partial charge on any atom is 0.282 e. The molecule has 19 heavy (non-hydrogen) atoms. The minimum Gasteiger partial charge on any atom is -0.381 e. The molecule has 7 nitrogen and oxygen atoms in total. The Kier molecular flexibility index (Phi) is 3.50. The Morgan fingerprint density at radius 2 is 2.11 bits per heavy atom. The third kappa shape index (κ3) is 2.71. The van der Waals surface area contributed by atoms with Gasteiger partial charge in [0.2, 0.25) is 0 Å². The van der Waals surface area contributed by atoms with Crippen LogP contribution >= 0.6 is 15.9 Å². The summed E-state index contributed by atoms with van der Waals surface area (Å²) >= 11 is 3.30. The molecule has 0 spiro atoms. The SMILES string of the molecule is Cc1nc(NS(=O)(=O)c2c(N)ncn2C)ccc1Br. The molecule has 102 valence electrons. The number of imidazole rings is 1. The van der Waals surface area contributed by atoms with Crippen molar-refractivity contribution in [2.75, 3.05) is 10.5 Å². The van der Waals surface area contributed by atoms with Crippen LogP contribution in [0.4, 0.5) is 11.6 Å². The molecule has 3 N–H and O–H groups in total. The van der Waals surface area contributed by atoms with Gasteiger partial charge < -0.3 is 10.3 Å². The molecule has 0 saturated carbocycles. The number of aryl methyl sites for hydroxylation is 2. The van der Waals surface area contributed by atoms with Gasteiger partial charge >= 0.3 is 0 Å². The molecule has 2 aromatic rings. The summed E-state index contributed by atoms with van der Waals surface area (Å²) in [4.78, 5) is 7.87. The molecule has 0 aliphatic rings. The summed E-state index contributed by atoms with van der Waals surface area (Å²) in [7, 11) is -2.26. The Morgan fingerprint density at radius 3 is 2.63 bits per heavy atom. The van der Waals surface area contributed by atoms with Gasteiger partial charge in [0, 0.05) is 11.5 Å². The first kappa shape index (κ1) is 13.8. The Bertz CT molecular complexity index is 706. The van der Waals surface area contributed by atoms with Gasteiger partial charge in [-0.2, -0.15) is 8.42 Å². The number of aromatic nitrogens is 3. The molecular weight excluding hydrogens is 334 g/mol. The van der Waals surface area contributed by atoms with Crippen molar-refractivity contribution < 1.29 is 8.42 Å².